The van der Waals surface area contributed by atoms with Gasteiger partial charge in [-0.15, -0.1) is 0 Å². The molecule has 16 heavy (non-hydrogen) atoms. The van der Waals surface area contributed by atoms with Gasteiger partial charge in [-0.1, -0.05) is 42.5 Å². The van der Waals surface area contributed by atoms with Gasteiger partial charge in [0.2, 0.25) is 0 Å². The van der Waals surface area contributed by atoms with Crippen molar-refractivity contribution >= 4 is 11.9 Å². The van der Waals surface area contributed by atoms with Gasteiger partial charge in [-0.05, 0) is 17.6 Å². The fourth-order valence-electron chi connectivity index (χ4n) is 1.81. The number of hydrogen-bond donors (Lipinski definition) is 0. The van der Waals surface area contributed by atoms with Crippen molar-refractivity contribution in [2.24, 2.45) is 0 Å². The van der Waals surface area contributed by atoms with Crippen LogP contribution in [0.4, 0.5) is 0 Å². The quantitative estimate of drug-likeness (QED) is 0.703. The Kier molecular flexibility index (Phi) is 3.20. The van der Waals surface area contributed by atoms with Crippen LogP contribution in [0, 0.1) is 0 Å². The Morgan fingerprint density at radius 2 is 2.06 bits per heavy atom. The van der Waals surface area contributed by atoms with Crippen LogP contribution in [-0.4, -0.2) is 24.3 Å². The van der Waals surface area contributed by atoms with E-state index in [1.807, 2.05) is 36.3 Å². The average Bonchev–Trinajstić information content (AvgIpc) is 2.52. The van der Waals surface area contributed by atoms with Crippen LogP contribution in [0.5, 0.6) is 0 Å². The number of rotatable bonds is 2. The Hall–Kier alpha value is -1.83. The SMILES string of the molecule is CN1C=C(c2ccccc2)C=CCC1C=O. The number of carbonyl (C=O) groups is 1. The molecule has 2 nitrogen and oxygen atoms in total. The maximum Gasteiger partial charge on any atom is 0.142 e. The van der Waals surface area contributed by atoms with Crippen molar-refractivity contribution in [3.05, 3.63) is 54.2 Å². The highest BCUT2D eigenvalue weighted by molar-refractivity contribution is 5.75. The molecule has 1 aromatic carbocycles. The number of likely N-dealkylation sites (N-methyl/N-ethyl adjacent to an activating group) is 1. The Morgan fingerprint density at radius 3 is 2.75 bits per heavy atom. The lowest BCUT2D eigenvalue weighted by molar-refractivity contribution is -0.111. The first-order valence-corrected chi connectivity index (χ1v) is 5.42. The van der Waals surface area contributed by atoms with Crippen LogP contribution in [0.15, 0.2) is 48.7 Å². The monoisotopic (exact) mass is 213 g/mol. The van der Waals surface area contributed by atoms with Gasteiger partial charge in [-0.25, -0.2) is 0 Å². The lowest BCUT2D eigenvalue weighted by Crippen LogP contribution is -2.27. The fraction of sp³-hybridized carbons (Fsp3) is 0.214. The molecule has 0 N–H and O–H groups in total. The summed E-state index contributed by atoms with van der Waals surface area (Å²) in [6, 6.07) is 10.1. The van der Waals surface area contributed by atoms with E-state index in [2.05, 4.69) is 24.3 Å². The summed E-state index contributed by atoms with van der Waals surface area (Å²) in [7, 11) is 1.94. The van der Waals surface area contributed by atoms with Crippen molar-refractivity contribution in [1.29, 1.82) is 0 Å². The third-order valence-corrected chi connectivity index (χ3v) is 2.81. The molecule has 0 bridgehead atoms. The normalized spacial score (nSPS) is 20.2. The van der Waals surface area contributed by atoms with Gasteiger partial charge in [-0.2, -0.15) is 0 Å². The average molecular weight is 213 g/mol. The van der Waals surface area contributed by atoms with Gasteiger partial charge >= 0.3 is 0 Å². The number of hydrogen-bond acceptors (Lipinski definition) is 2. The van der Waals surface area contributed by atoms with Crippen LogP contribution in [0.25, 0.3) is 5.57 Å². The molecule has 0 radical (unpaired) electrons. The maximum atomic E-state index is 10.9. The standard InChI is InChI=1S/C14H15NO/c1-15-10-13(8-5-9-14(15)11-16)12-6-3-2-4-7-12/h2-8,10-11,14H,9H2,1H3. The number of allylic oxidation sites excluding steroid dienone is 2. The summed E-state index contributed by atoms with van der Waals surface area (Å²) in [5.41, 5.74) is 2.32. The third-order valence-electron chi connectivity index (χ3n) is 2.81. The van der Waals surface area contributed by atoms with E-state index in [0.717, 1.165) is 18.3 Å². The summed E-state index contributed by atoms with van der Waals surface area (Å²) in [5.74, 6) is 0. The molecule has 0 spiro atoms. The minimum atomic E-state index is -0.0440. The molecule has 0 aliphatic carbocycles. The first-order valence-electron chi connectivity index (χ1n) is 5.42. The lowest BCUT2D eigenvalue weighted by Gasteiger charge is -2.19. The molecular weight excluding hydrogens is 198 g/mol. The zero-order valence-corrected chi connectivity index (χ0v) is 9.34. The van der Waals surface area contributed by atoms with Crippen molar-refractivity contribution in [2.75, 3.05) is 7.05 Å². The van der Waals surface area contributed by atoms with Gasteiger partial charge in [0, 0.05) is 13.2 Å². The molecule has 0 saturated carbocycles. The summed E-state index contributed by atoms with van der Waals surface area (Å²) in [5, 5.41) is 0. The van der Waals surface area contributed by atoms with Crippen LogP contribution in [0.1, 0.15) is 12.0 Å². The first kappa shape index (κ1) is 10.7. The Balaban J connectivity index is 2.31. The predicted octanol–water partition coefficient (Wildman–Crippen LogP) is 2.49. The Bertz CT molecular complexity index is 420. The molecule has 1 aliphatic rings. The minimum absolute atomic E-state index is 0.0440. The molecule has 1 unspecified atom stereocenters. The van der Waals surface area contributed by atoms with Gasteiger partial charge in [0.05, 0.1) is 6.04 Å². The van der Waals surface area contributed by atoms with Crippen LogP contribution in [-0.2, 0) is 4.79 Å². The van der Waals surface area contributed by atoms with Crippen molar-refractivity contribution in [1.82, 2.24) is 4.90 Å². The van der Waals surface area contributed by atoms with E-state index in [1.54, 1.807) is 0 Å². The second-order valence-electron chi connectivity index (χ2n) is 3.96. The summed E-state index contributed by atoms with van der Waals surface area (Å²) < 4.78 is 0. The number of nitrogens with zero attached hydrogens (tertiary/aromatic N) is 1. The summed E-state index contributed by atoms with van der Waals surface area (Å²) >= 11 is 0. The molecule has 0 aromatic heterocycles. The van der Waals surface area contributed by atoms with Gasteiger partial charge in [-0.3, -0.25) is 0 Å². The summed E-state index contributed by atoms with van der Waals surface area (Å²) in [6.45, 7) is 0. The zero-order valence-electron chi connectivity index (χ0n) is 9.34. The van der Waals surface area contributed by atoms with Crippen LogP contribution < -0.4 is 0 Å². The number of benzene rings is 1. The van der Waals surface area contributed by atoms with Crippen LogP contribution in [0.3, 0.4) is 0 Å². The first-order chi connectivity index (χ1) is 7.81. The van der Waals surface area contributed by atoms with Gasteiger partial charge in [0.1, 0.15) is 6.29 Å². The third kappa shape index (κ3) is 2.22. The highest BCUT2D eigenvalue weighted by Crippen LogP contribution is 2.20. The highest BCUT2D eigenvalue weighted by Gasteiger charge is 2.12. The molecule has 1 atom stereocenters. The molecule has 82 valence electrons. The molecule has 1 aliphatic heterocycles. The summed E-state index contributed by atoms with van der Waals surface area (Å²) in [4.78, 5) is 12.8. The van der Waals surface area contributed by atoms with E-state index in [4.69, 9.17) is 0 Å². The zero-order chi connectivity index (χ0) is 11.4. The molecule has 0 fully saturated rings. The van der Waals surface area contributed by atoms with Gasteiger partial charge in [0.25, 0.3) is 0 Å². The Labute approximate surface area is 95.9 Å². The molecule has 2 heteroatoms. The second-order valence-corrected chi connectivity index (χ2v) is 3.96. The fourth-order valence-corrected chi connectivity index (χ4v) is 1.81. The molecule has 0 saturated heterocycles. The molecule has 2 rings (SSSR count). The maximum absolute atomic E-state index is 10.9. The van der Waals surface area contributed by atoms with E-state index in [1.165, 1.54) is 5.56 Å². The summed E-state index contributed by atoms with van der Waals surface area (Å²) in [6.07, 6.45) is 7.93. The van der Waals surface area contributed by atoms with E-state index < -0.39 is 0 Å². The Morgan fingerprint density at radius 1 is 1.31 bits per heavy atom. The predicted molar refractivity (Wildman–Crippen MR) is 65.8 cm³/mol. The van der Waals surface area contributed by atoms with Crippen molar-refractivity contribution in [3.63, 3.8) is 0 Å². The van der Waals surface area contributed by atoms with Crippen molar-refractivity contribution in [3.8, 4) is 0 Å². The van der Waals surface area contributed by atoms with Gasteiger partial charge < -0.3 is 9.69 Å². The smallest absolute Gasteiger partial charge is 0.142 e. The molecule has 1 heterocycles. The van der Waals surface area contributed by atoms with E-state index in [9.17, 15) is 4.79 Å². The molecule has 1 aromatic rings. The molecule has 0 amide bonds. The van der Waals surface area contributed by atoms with Crippen molar-refractivity contribution in [2.45, 2.75) is 12.5 Å². The van der Waals surface area contributed by atoms with Gasteiger partial charge in [0.15, 0.2) is 0 Å². The topological polar surface area (TPSA) is 20.3 Å². The van der Waals surface area contributed by atoms with E-state index in [-0.39, 0.29) is 6.04 Å². The van der Waals surface area contributed by atoms with Crippen molar-refractivity contribution < 1.29 is 4.79 Å². The highest BCUT2D eigenvalue weighted by atomic mass is 16.1. The molecular formula is C14H15NO. The van der Waals surface area contributed by atoms with E-state index in [0.29, 0.717) is 0 Å². The van der Waals surface area contributed by atoms with E-state index >= 15 is 0 Å². The lowest BCUT2D eigenvalue weighted by atomic mass is 10.1. The van der Waals surface area contributed by atoms with Crippen LogP contribution >= 0.6 is 0 Å². The minimum Gasteiger partial charge on any atom is -0.370 e. The number of aldehydes is 1. The second kappa shape index (κ2) is 4.79. The number of carbonyl (C=O) groups excluding carboxylic acids is 1. The van der Waals surface area contributed by atoms with Crippen LogP contribution in [0.2, 0.25) is 0 Å². The largest absolute Gasteiger partial charge is 0.370 e.